The van der Waals surface area contributed by atoms with E-state index in [4.69, 9.17) is 22.1 Å². The van der Waals surface area contributed by atoms with Gasteiger partial charge in [-0.3, -0.25) is 10.5 Å². The van der Waals surface area contributed by atoms with Crippen LogP contribution in [-0.2, 0) is 16.1 Å². The number of halogens is 2. The van der Waals surface area contributed by atoms with Crippen LogP contribution in [0.3, 0.4) is 0 Å². The van der Waals surface area contributed by atoms with Gasteiger partial charge in [-0.25, -0.2) is 9.18 Å². The minimum atomic E-state index is -1.74. The number of amides is 2. The van der Waals surface area contributed by atoms with E-state index in [9.17, 15) is 14.0 Å². The van der Waals surface area contributed by atoms with Crippen LogP contribution in [0.5, 0.6) is 0 Å². The highest BCUT2D eigenvalue weighted by atomic mass is 35.5. The topological polar surface area (TPSA) is 84.7 Å². The summed E-state index contributed by atoms with van der Waals surface area (Å²) in [6, 6.07) is 12.9. The first kappa shape index (κ1) is 18.2. The second kappa shape index (κ2) is 7.31. The van der Waals surface area contributed by atoms with E-state index < -0.39 is 23.5 Å². The second-order valence-electron chi connectivity index (χ2n) is 5.95. The molecule has 8 heteroatoms. The molecule has 0 spiro atoms. The molecule has 1 aliphatic heterocycles. The van der Waals surface area contributed by atoms with E-state index in [1.165, 1.54) is 17.0 Å². The van der Waals surface area contributed by atoms with Crippen LogP contribution in [0.1, 0.15) is 12.0 Å². The van der Waals surface area contributed by atoms with Crippen molar-refractivity contribution >= 4 is 29.3 Å². The number of nitrogens with two attached hydrogens (primary N) is 1. The predicted octanol–water partition coefficient (Wildman–Crippen LogP) is 2.80. The summed E-state index contributed by atoms with van der Waals surface area (Å²) in [4.78, 5) is 26.1. The zero-order valence-electron chi connectivity index (χ0n) is 13.7. The van der Waals surface area contributed by atoms with Crippen LogP contribution < -0.4 is 16.0 Å². The Bertz CT molecular complexity index is 813. The molecule has 3 N–H and O–H groups in total. The molecule has 0 bridgehead atoms. The first-order valence-corrected chi connectivity index (χ1v) is 8.33. The van der Waals surface area contributed by atoms with E-state index in [1.807, 2.05) is 6.07 Å². The van der Waals surface area contributed by atoms with Gasteiger partial charge in [0.25, 0.3) is 5.91 Å². The largest absolute Gasteiger partial charge is 0.418 e. The Hall–Kier alpha value is -2.64. The van der Waals surface area contributed by atoms with Crippen LogP contribution in [0.25, 0.3) is 0 Å². The van der Waals surface area contributed by atoms with Gasteiger partial charge in [0, 0.05) is 30.2 Å². The molecule has 2 aromatic rings. The molecular weight excluding hydrogens is 361 g/mol. The van der Waals surface area contributed by atoms with Crippen LogP contribution in [0.15, 0.2) is 48.5 Å². The molecule has 1 atom stereocenters. The van der Waals surface area contributed by atoms with Gasteiger partial charge in [-0.05, 0) is 35.9 Å². The van der Waals surface area contributed by atoms with E-state index in [0.29, 0.717) is 17.8 Å². The minimum Gasteiger partial charge on any atom is -0.418 e. The second-order valence-corrected chi connectivity index (χ2v) is 6.39. The summed E-state index contributed by atoms with van der Waals surface area (Å²) in [5.41, 5.74) is 5.40. The lowest BCUT2D eigenvalue weighted by molar-refractivity contribution is -0.133. The van der Waals surface area contributed by atoms with Gasteiger partial charge >= 0.3 is 6.09 Å². The summed E-state index contributed by atoms with van der Waals surface area (Å²) in [6.45, 7) is 0.328. The Morgan fingerprint density at radius 2 is 2.04 bits per heavy atom. The Kier molecular flexibility index (Phi) is 5.11. The monoisotopic (exact) mass is 377 g/mol. The summed E-state index contributed by atoms with van der Waals surface area (Å²) in [6.07, 6.45) is -0.698. The van der Waals surface area contributed by atoms with Crippen LogP contribution in [-0.4, -0.2) is 24.3 Å². The van der Waals surface area contributed by atoms with E-state index in [0.717, 1.165) is 6.07 Å². The van der Waals surface area contributed by atoms with Gasteiger partial charge in [-0.15, -0.1) is 0 Å². The zero-order chi connectivity index (χ0) is 18.7. The molecule has 0 radical (unpaired) electrons. The fraction of sp³-hybridized carbons (Fsp3) is 0.222. The predicted molar refractivity (Wildman–Crippen MR) is 95.1 cm³/mol. The highest BCUT2D eigenvalue weighted by Crippen LogP contribution is 2.27. The Morgan fingerprint density at radius 1 is 1.31 bits per heavy atom. The molecule has 0 saturated carbocycles. The summed E-state index contributed by atoms with van der Waals surface area (Å²) < 4.78 is 18.5. The maximum absolute atomic E-state index is 13.3. The third-order valence-corrected chi connectivity index (χ3v) is 4.23. The van der Waals surface area contributed by atoms with Crippen molar-refractivity contribution in [3.8, 4) is 0 Å². The Balaban J connectivity index is 1.61. The quantitative estimate of drug-likeness (QED) is 0.802. The number of carbonyl (C=O) groups is 2. The van der Waals surface area contributed by atoms with Crippen molar-refractivity contribution in [2.45, 2.75) is 18.7 Å². The van der Waals surface area contributed by atoms with Gasteiger partial charge < -0.3 is 15.0 Å². The molecule has 26 heavy (non-hydrogen) atoms. The van der Waals surface area contributed by atoms with Gasteiger partial charge in [-0.1, -0.05) is 29.8 Å². The fourth-order valence-corrected chi connectivity index (χ4v) is 3.00. The van der Waals surface area contributed by atoms with Crippen molar-refractivity contribution in [1.29, 1.82) is 0 Å². The summed E-state index contributed by atoms with van der Waals surface area (Å²) in [5.74, 6) is -1.00. The van der Waals surface area contributed by atoms with Crippen molar-refractivity contribution in [2.75, 3.05) is 11.4 Å². The third kappa shape index (κ3) is 3.95. The smallest absolute Gasteiger partial charge is 0.409 e. The summed E-state index contributed by atoms with van der Waals surface area (Å²) in [7, 11) is 0. The number of nitrogens with one attached hydrogen (secondary N) is 1. The Labute approximate surface area is 154 Å². The maximum Gasteiger partial charge on any atom is 0.409 e. The van der Waals surface area contributed by atoms with Gasteiger partial charge in [0.1, 0.15) is 5.82 Å². The average molecular weight is 378 g/mol. The number of ether oxygens (including phenoxy) is 1. The molecule has 1 heterocycles. The highest BCUT2D eigenvalue weighted by Gasteiger charge is 2.47. The minimum absolute atomic E-state index is 0.0109. The number of hydrogen-bond acceptors (Lipinski definition) is 4. The van der Waals surface area contributed by atoms with Crippen molar-refractivity contribution in [2.24, 2.45) is 5.73 Å². The maximum atomic E-state index is 13.3. The molecule has 1 unspecified atom stereocenters. The number of nitrogens with zero attached hydrogens (tertiary/aromatic N) is 1. The molecule has 1 saturated heterocycles. The molecular formula is C18H17ClFN3O3. The van der Waals surface area contributed by atoms with Crippen LogP contribution in [0.4, 0.5) is 14.9 Å². The standard InChI is InChI=1S/C18H17ClFN3O3/c19-13-8-12(9-14(20)10-13)11-22-17(25)26-18(21)6-7-23(16(18)24)15-4-2-1-3-5-15/h1-5,8-10H,6-7,11,21H2,(H,22,25). The molecule has 6 nitrogen and oxygen atoms in total. The molecule has 2 aromatic carbocycles. The van der Waals surface area contributed by atoms with Crippen LogP contribution in [0.2, 0.25) is 5.02 Å². The lowest BCUT2D eigenvalue weighted by atomic mass is 10.2. The van der Waals surface area contributed by atoms with E-state index in [1.54, 1.807) is 24.3 Å². The van der Waals surface area contributed by atoms with Gasteiger partial charge in [0.15, 0.2) is 0 Å². The SMILES string of the molecule is NC1(OC(=O)NCc2cc(F)cc(Cl)c2)CCN(c2ccccc2)C1=O. The number of carbonyl (C=O) groups excluding carboxylic acids is 2. The van der Waals surface area contributed by atoms with E-state index in [-0.39, 0.29) is 18.0 Å². The molecule has 0 aromatic heterocycles. The van der Waals surface area contributed by atoms with Crippen LogP contribution >= 0.6 is 11.6 Å². The molecule has 136 valence electrons. The van der Waals surface area contributed by atoms with Crippen molar-refractivity contribution in [1.82, 2.24) is 5.32 Å². The van der Waals surface area contributed by atoms with Gasteiger partial charge in [0.2, 0.25) is 5.72 Å². The van der Waals surface area contributed by atoms with Crippen LogP contribution in [0, 0.1) is 5.82 Å². The molecule has 0 aliphatic carbocycles. The molecule has 3 rings (SSSR count). The highest BCUT2D eigenvalue weighted by molar-refractivity contribution is 6.30. The number of para-hydroxylation sites is 1. The number of anilines is 1. The van der Waals surface area contributed by atoms with Gasteiger partial charge in [0.05, 0.1) is 0 Å². The van der Waals surface area contributed by atoms with Gasteiger partial charge in [-0.2, -0.15) is 0 Å². The summed E-state index contributed by atoms with van der Waals surface area (Å²) in [5, 5.41) is 2.66. The van der Waals surface area contributed by atoms with E-state index >= 15 is 0 Å². The number of alkyl carbamates (subject to hydrolysis) is 1. The van der Waals surface area contributed by atoms with Crippen molar-refractivity contribution in [3.05, 3.63) is 64.9 Å². The molecule has 1 aliphatic rings. The average Bonchev–Trinajstić information content (AvgIpc) is 2.88. The summed E-state index contributed by atoms with van der Waals surface area (Å²) >= 11 is 5.76. The lowest BCUT2D eigenvalue weighted by Crippen LogP contribution is -2.53. The third-order valence-electron chi connectivity index (χ3n) is 4.02. The normalized spacial score (nSPS) is 19.5. The zero-order valence-corrected chi connectivity index (χ0v) is 14.5. The number of rotatable bonds is 4. The number of benzene rings is 2. The fourth-order valence-electron chi connectivity index (χ4n) is 2.75. The Morgan fingerprint density at radius 3 is 2.73 bits per heavy atom. The van der Waals surface area contributed by atoms with E-state index in [2.05, 4.69) is 5.32 Å². The molecule has 1 fully saturated rings. The van der Waals surface area contributed by atoms with Crippen molar-refractivity contribution in [3.63, 3.8) is 0 Å². The first-order valence-electron chi connectivity index (χ1n) is 7.95. The first-order chi connectivity index (χ1) is 12.4. The number of hydrogen-bond donors (Lipinski definition) is 2. The lowest BCUT2D eigenvalue weighted by Gasteiger charge is -2.23. The van der Waals surface area contributed by atoms with Crippen molar-refractivity contribution < 1.29 is 18.7 Å². The molecule has 2 amide bonds.